The molecule has 0 saturated heterocycles. The lowest BCUT2D eigenvalue weighted by molar-refractivity contribution is 0.219. The van der Waals surface area contributed by atoms with E-state index in [9.17, 15) is 16.8 Å². The van der Waals surface area contributed by atoms with Gasteiger partial charge in [-0.2, -0.15) is 8.42 Å². The van der Waals surface area contributed by atoms with Gasteiger partial charge in [-0.05, 0) is 12.1 Å². The minimum Gasteiger partial charge on any atom is -0.490 e. The van der Waals surface area contributed by atoms with E-state index in [0.29, 0.717) is 0 Å². The van der Waals surface area contributed by atoms with Crippen molar-refractivity contribution in [2.45, 2.75) is 4.90 Å². The molecule has 0 spiro atoms. The Kier molecular flexibility index (Phi) is 4.71. The molecule has 1 aromatic rings. The van der Waals surface area contributed by atoms with E-state index < -0.39 is 20.0 Å². The van der Waals surface area contributed by atoms with Crippen LogP contribution in [0.1, 0.15) is 0 Å². The van der Waals surface area contributed by atoms with Crippen LogP contribution < -0.4 is 4.74 Å². The summed E-state index contributed by atoms with van der Waals surface area (Å²) in [4.78, 5) is 0.0596. The van der Waals surface area contributed by atoms with Gasteiger partial charge < -0.3 is 4.74 Å². The molecule has 0 aliphatic rings. The predicted molar refractivity (Wildman–Crippen MR) is 65.8 cm³/mol. The molecule has 0 aliphatic heterocycles. The van der Waals surface area contributed by atoms with E-state index in [0.717, 1.165) is 12.5 Å². The van der Waals surface area contributed by atoms with Gasteiger partial charge in [0.05, 0.1) is 6.26 Å². The molecule has 0 bridgehead atoms. The van der Waals surface area contributed by atoms with Gasteiger partial charge in [-0.1, -0.05) is 12.1 Å². The zero-order valence-corrected chi connectivity index (χ0v) is 11.6. The summed E-state index contributed by atoms with van der Waals surface area (Å²) in [6.45, 7) is -0.226. The van der Waals surface area contributed by atoms with Crippen molar-refractivity contribution >= 4 is 20.0 Å². The van der Waals surface area contributed by atoms with Crippen molar-refractivity contribution in [2.24, 2.45) is 0 Å². The molecule has 8 heteroatoms. The van der Waals surface area contributed by atoms with E-state index in [2.05, 4.69) is 4.18 Å². The molecule has 1 rings (SSSR count). The highest BCUT2D eigenvalue weighted by molar-refractivity contribution is 7.90. The summed E-state index contributed by atoms with van der Waals surface area (Å²) in [6.07, 6.45) is 2.00. The van der Waals surface area contributed by atoms with Crippen molar-refractivity contribution in [1.82, 2.24) is 0 Å². The fourth-order valence-corrected chi connectivity index (χ4v) is 2.40. The van der Waals surface area contributed by atoms with Crippen LogP contribution in [0.2, 0.25) is 0 Å². The molecule has 0 unspecified atom stereocenters. The van der Waals surface area contributed by atoms with Gasteiger partial charge in [-0.15, -0.1) is 0 Å². The Balaban J connectivity index is 2.69. The number of benzene rings is 1. The number of hydrogen-bond donors (Lipinski definition) is 0. The molecule has 0 saturated carbocycles. The molecule has 0 atom stereocenters. The second-order valence-electron chi connectivity index (χ2n) is 3.59. The standard InChI is InChI=1S/C10H14O6S2/c1-17(11,12)10-6-4-3-5-9(10)15-7-8-16-18(2,13)14/h3-6H,7-8H2,1-2H3. The molecule has 0 radical (unpaired) electrons. The van der Waals surface area contributed by atoms with Gasteiger partial charge in [0.1, 0.15) is 23.9 Å². The topological polar surface area (TPSA) is 86.7 Å². The van der Waals surface area contributed by atoms with Crippen LogP contribution in [-0.4, -0.2) is 42.6 Å². The molecule has 0 fully saturated rings. The summed E-state index contributed by atoms with van der Waals surface area (Å²) in [6, 6.07) is 6.12. The second-order valence-corrected chi connectivity index (χ2v) is 7.22. The zero-order chi connectivity index (χ0) is 13.8. The smallest absolute Gasteiger partial charge is 0.264 e. The molecule has 0 amide bonds. The quantitative estimate of drug-likeness (QED) is 0.559. The van der Waals surface area contributed by atoms with E-state index in [1.165, 1.54) is 12.1 Å². The predicted octanol–water partition coefficient (Wildman–Crippen LogP) is 0.445. The van der Waals surface area contributed by atoms with E-state index in [4.69, 9.17) is 4.74 Å². The largest absolute Gasteiger partial charge is 0.490 e. The molecule has 0 aliphatic carbocycles. The van der Waals surface area contributed by atoms with E-state index in [1.54, 1.807) is 12.1 Å². The maximum atomic E-state index is 11.4. The molecule has 102 valence electrons. The fraction of sp³-hybridized carbons (Fsp3) is 0.400. The fourth-order valence-electron chi connectivity index (χ4n) is 1.21. The van der Waals surface area contributed by atoms with Crippen molar-refractivity contribution in [3.8, 4) is 5.75 Å². The van der Waals surface area contributed by atoms with Gasteiger partial charge in [0.15, 0.2) is 9.84 Å². The maximum Gasteiger partial charge on any atom is 0.264 e. The van der Waals surface area contributed by atoms with Crippen molar-refractivity contribution in [1.29, 1.82) is 0 Å². The van der Waals surface area contributed by atoms with Crippen molar-refractivity contribution < 1.29 is 25.8 Å². The second kappa shape index (κ2) is 5.68. The minimum atomic E-state index is -3.52. The Morgan fingerprint density at radius 3 is 2.17 bits per heavy atom. The Morgan fingerprint density at radius 1 is 1.00 bits per heavy atom. The Hall–Kier alpha value is -1.12. The minimum absolute atomic E-state index is 0.0559. The lowest BCUT2D eigenvalue weighted by Crippen LogP contribution is -2.12. The summed E-state index contributed by atoms with van der Waals surface area (Å²) in [5, 5.41) is 0. The van der Waals surface area contributed by atoms with Gasteiger partial charge in [0.2, 0.25) is 0 Å². The van der Waals surface area contributed by atoms with E-state index in [-0.39, 0.29) is 23.9 Å². The number of hydrogen-bond acceptors (Lipinski definition) is 6. The number of sulfone groups is 1. The molecule has 0 N–H and O–H groups in total. The molecule has 0 heterocycles. The first-order valence-corrected chi connectivity index (χ1v) is 8.67. The van der Waals surface area contributed by atoms with Crippen LogP contribution in [0.3, 0.4) is 0 Å². The number of para-hydroxylation sites is 1. The van der Waals surface area contributed by atoms with E-state index in [1.807, 2.05) is 0 Å². The van der Waals surface area contributed by atoms with Crippen molar-refractivity contribution in [3.05, 3.63) is 24.3 Å². The van der Waals surface area contributed by atoms with Crippen LogP contribution in [0.15, 0.2) is 29.2 Å². The highest BCUT2D eigenvalue weighted by Gasteiger charge is 2.13. The van der Waals surface area contributed by atoms with Crippen LogP contribution in [0.25, 0.3) is 0 Å². The van der Waals surface area contributed by atoms with Gasteiger partial charge in [-0.25, -0.2) is 8.42 Å². The lowest BCUT2D eigenvalue weighted by Gasteiger charge is -2.09. The highest BCUT2D eigenvalue weighted by Crippen LogP contribution is 2.22. The lowest BCUT2D eigenvalue weighted by atomic mass is 10.3. The van der Waals surface area contributed by atoms with Gasteiger partial charge in [-0.3, -0.25) is 4.18 Å². The van der Waals surface area contributed by atoms with Crippen molar-refractivity contribution in [2.75, 3.05) is 25.7 Å². The third-order valence-electron chi connectivity index (χ3n) is 1.89. The maximum absolute atomic E-state index is 11.4. The third-order valence-corrected chi connectivity index (χ3v) is 3.62. The Bertz CT molecular complexity index is 603. The number of rotatable bonds is 6. The van der Waals surface area contributed by atoms with Crippen LogP contribution >= 0.6 is 0 Å². The van der Waals surface area contributed by atoms with Crippen LogP contribution in [0.4, 0.5) is 0 Å². The van der Waals surface area contributed by atoms with Gasteiger partial charge in [0.25, 0.3) is 10.1 Å². The first-order valence-electron chi connectivity index (χ1n) is 4.96. The SMILES string of the molecule is CS(=O)(=O)OCCOc1ccccc1S(C)(=O)=O. The Labute approximate surface area is 107 Å². The first kappa shape index (κ1) is 14.9. The number of ether oxygens (including phenoxy) is 1. The van der Waals surface area contributed by atoms with Crippen LogP contribution in [0.5, 0.6) is 5.75 Å². The van der Waals surface area contributed by atoms with Crippen LogP contribution in [0, 0.1) is 0 Å². The monoisotopic (exact) mass is 294 g/mol. The summed E-state index contributed by atoms with van der Waals surface area (Å²) >= 11 is 0. The van der Waals surface area contributed by atoms with Crippen molar-refractivity contribution in [3.63, 3.8) is 0 Å². The molecule has 1 aromatic carbocycles. The average molecular weight is 294 g/mol. The molecule has 0 aromatic heterocycles. The summed E-state index contributed by atoms with van der Waals surface area (Å²) in [5.74, 6) is 0.178. The Morgan fingerprint density at radius 2 is 1.61 bits per heavy atom. The summed E-state index contributed by atoms with van der Waals surface area (Å²) in [5.41, 5.74) is 0. The molecular formula is C10H14O6S2. The normalized spacial score (nSPS) is 12.3. The highest BCUT2D eigenvalue weighted by atomic mass is 32.2. The zero-order valence-electron chi connectivity index (χ0n) is 9.99. The van der Waals surface area contributed by atoms with E-state index >= 15 is 0 Å². The summed E-state index contributed by atoms with van der Waals surface area (Å²) in [7, 11) is -6.90. The molecular weight excluding hydrogens is 280 g/mol. The van der Waals surface area contributed by atoms with Gasteiger partial charge in [0, 0.05) is 6.26 Å². The third kappa shape index (κ3) is 5.03. The summed E-state index contributed by atoms with van der Waals surface area (Å²) < 4.78 is 53.9. The van der Waals surface area contributed by atoms with Crippen LogP contribution in [-0.2, 0) is 24.1 Å². The molecule has 6 nitrogen and oxygen atoms in total. The van der Waals surface area contributed by atoms with Gasteiger partial charge >= 0.3 is 0 Å². The first-order chi connectivity index (χ1) is 8.20. The molecule has 18 heavy (non-hydrogen) atoms. The average Bonchev–Trinajstić information content (AvgIpc) is 2.22.